The summed E-state index contributed by atoms with van der Waals surface area (Å²) in [5.41, 5.74) is 27.4. The monoisotopic (exact) mass is 991 g/mol. The predicted molar refractivity (Wildman–Crippen MR) is 325 cm³/mol. The van der Waals surface area contributed by atoms with Gasteiger partial charge in [0.2, 0.25) is 0 Å². The van der Waals surface area contributed by atoms with Crippen LogP contribution in [0.4, 0.5) is 17.1 Å². The van der Waals surface area contributed by atoms with E-state index in [0.29, 0.717) is 0 Å². The normalized spacial score (nSPS) is 14.1. The highest BCUT2D eigenvalue weighted by Gasteiger charge is 2.52. The Kier molecular flexibility index (Phi) is 10.7. The maximum atomic E-state index is 6.39. The lowest BCUT2D eigenvalue weighted by atomic mass is 9.69. The van der Waals surface area contributed by atoms with E-state index in [1.54, 1.807) is 0 Å². The molecule has 1 spiro atoms. The van der Waals surface area contributed by atoms with E-state index in [4.69, 9.17) is 4.42 Å². The topological polar surface area (TPSA) is 16.4 Å². The summed E-state index contributed by atoms with van der Waals surface area (Å²) in [5, 5.41) is 2.27. The van der Waals surface area contributed by atoms with E-state index in [1.807, 2.05) is 6.07 Å². The predicted octanol–water partition coefficient (Wildman–Crippen LogP) is 20.7. The molecule has 0 aliphatic heterocycles. The zero-order chi connectivity index (χ0) is 52.2. The number of benzene rings is 10. The molecule has 0 N–H and O–H groups in total. The minimum Gasteiger partial charge on any atom is -0.456 e. The molecule has 10 aromatic carbocycles. The van der Waals surface area contributed by atoms with Crippen LogP contribution in [0.5, 0.6) is 0 Å². The van der Waals surface area contributed by atoms with Gasteiger partial charge in [0.1, 0.15) is 11.2 Å². The molecule has 2 heteroatoms. The van der Waals surface area contributed by atoms with Gasteiger partial charge in [0.05, 0.1) is 11.1 Å². The Hall–Kier alpha value is -8.72. The molecular weight excluding hydrogens is 931 g/mol. The average Bonchev–Trinajstić information content (AvgIpc) is 4.14. The number of nitrogens with zero attached hydrogens (tertiary/aromatic N) is 1. The molecule has 11 aromatic rings. The van der Waals surface area contributed by atoms with Gasteiger partial charge in [-0.2, -0.15) is 0 Å². The van der Waals surface area contributed by atoms with Gasteiger partial charge < -0.3 is 9.32 Å². The van der Waals surface area contributed by atoms with Gasteiger partial charge in [-0.15, -0.1) is 0 Å². The molecule has 1 aromatic heterocycles. The molecular formula is C75H61NO. The molecule has 1 heterocycles. The molecule has 0 saturated carbocycles. The molecule has 372 valence electrons. The number of hydrogen-bond acceptors (Lipinski definition) is 2. The molecule has 3 aliphatic rings. The standard InChI is InChI=1S/C75H61NO/c1-73(2,3)50-37-42-60-61-43-38-51(74(4,5)6)46-68(61)75(67(60)45-50)65-31-17-14-27-59(65)64-47-53(41-44-66(64)75)76(52-39-35-49(36-40-52)55-30-20-34-71-72(55)63-29-16-19-33-70(63)77-71)69-32-18-15-28-62(69)58-26-13-12-25-57(58)56-24-11-10-23-54(56)48-21-8-7-9-22-48/h8,10-47H,7,9H2,1-6H3. The lowest BCUT2D eigenvalue weighted by molar-refractivity contribution is 0.586. The van der Waals surface area contributed by atoms with Crippen molar-refractivity contribution in [2.75, 3.05) is 4.90 Å². The Morgan fingerprint density at radius 2 is 0.922 bits per heavy atom. The summed E-state index contributed by atoms with van der Waals surface area (Å²) in [4.78, 5) is 2.50. The van der Waals surface area contributed by atoms with Crippen molar-refractivity contribution >= 4 is 44.6 Å². The largest absolute Gasteiger partial charge is 0.456 e. The van der Waals surface area contributed by atoms with Crippen LogP contribution in [0.2, 0.25) is 0 Å². The number of allylic oxidation sites excluding steroid dienone is 4. The summed E-state index contributed by atoms with van der Waals surface area (Å²) in [6.07, 6.45) is 9.12. The van der Waals surface area contributed by atoms with Gasteiger partial charge >= 0.3 is 0 Å². The van der Waals surface area contributed by atoms with E-state index in [-0.39, 0.29) is 10.8 Å². The van der Waals surface area contributed by atoms with E-state index in [1.165, 1.54) is 83.5 Å². The average molecular weight is 992 g/mol. The summed E-state index contributed by atoms with van der Waals surface area (Å²) < 4.78 is 6.39. The SMILES string of the molecule is CC(C)(C)c1ccc2c(c1)C1(c3ccccc3-c3cc(N(c4ccc(-c5cccc6oc7ccccc7c56)cc4)c4ccccc4-c4ccccc4-c4ccccc4C4=CCCC=C4)ccc31)c1cc(C(C)(C)C)ccc1-2. The van der Waals surface area contributed by atoms with Crippen LogP contribution in [0.15, 0.2) is 241 Å². The van der Waals surface area contributed by atoms with Crippen molar-refractivity contribution in [2.45, 2.75) is 70.6 Å². The lowest BCUT2D eigenvalue weighted by Gasteiger charge is -2.33. The first kappa shape index (κ1) is 46.8. The van der Waals surface area contributed by atoms with Crippen LogP contribution in [-0.2, 0) is 16.2 Å². The molecule has 2 nitrogen and oxygen atoms in total. The summed E-state index contributed by atoms with van der Waals surface area (Å²) in [6.45, 7) is 14.0. The first-order valence-electron chi connectivity index (χ1n) is 27.5. The number of para-hydroxylation sites is 2. The Balaban J connectivity index is 0.999. The fourth-order valence-electron chi connectivity index (χ4n) is 13.1. The van der Waals surface area contributed by atoms with Gasteiger partial charge in [-0.05, 0) is 161 Å². The van der Waals surface area contributed by atoms with Crippen molar-refractivity contribution in [3.8, 4) is 55.6 Å². The van der Waals surface area contributed by atoms with Crippen LogP contribution >= 0.6 is 0 Å². The first-order chi connectivity index (χ1) is 37.5. The fraction of sp³-hybridized carbons (Fsp3) is 0.147. The second kappa shape index (κ2) is 17.7. The third-order valence-corrected chi connectivity index (χ3v) is 16.9. The van der Waals surface area contributed by atoms with Crippen LogP contribution in [0.1, 0.15) is 93.3 Å². The maximum absolute atomic E-state index is 6.39. The van der Waals surface area contributed by atoms with Crippen LogP contribution in [0.3, 0.4) is 0 Å². The highest BCUT2D eigenvalue weighted by Crippen LogP contribution is 2.64. The molecule has 0 bridgehead atoms. The lowest BCUT2D eigenvalue weighted by Crippen LogP contribution is -2.27. The summed E-state index contributed by atoms with van der Waals surface area (Å²) >= 11 is 0. The van der Waals surface area contributed by atoms with E-state index in [2.05, 4.69) is 277 Å². The van der Waals surface area contributed by atoms with Gasteiger partial charge in [-0.25, -0.2) is 0 Å². The molecule has 3 aliphatic carbocycles. The third kappa shape index (κ3) is 7.37. The maximum Gasteiger partial charge on any atom is 0.136 e. The van der Waals surface area contributed by atoms with E-state index in [0.717, 1.165) is 68.5 Å². The van der Waals surface area contributed by atoms with Gasteiger partial charge in [0.25, 0.3) is 0 Å². The summed E-state index contributed by atoms with van der Waals surface area (Å²) in [6, 6.07) is 82.2. The summed E-state index contributed by atoms with van der Waals surface area (Å²) in [5.74, 6) is 0. The van der Waals surface area contributed by atoms with Crippen molar-refractivity contribution < 1.29 is 4.42 Å². The Bertz CT molecular complexity index is 4170. The Morgan fingerprint density at radius 3 is 1.60 bits per heavy atom. The number of fused-ring (bicyclic) bond motifs is 13. The zero-order valence-electron chi connectivity index (χ0n) is 44.8. The number of rotatable bonds is 7. The van der Waals surface area contributed by atoms with Crippen molar-refractivity contribution in [3.63, 3.8) is 0 Å². The quantitative estimate of drug-likeness (QED) is 0.158. The van der Waals surface area contributed by atoms with Gasteiger partial charge in [-0.3, -0.25) is 0 Å². The first-order valence-corrected chi connectivity index (χ1v) is 27.5. The van der Waals surface area contributed by atoms with Crippen LogP contribution in [0, 0.1) is 0 Å². The van der Waals surface area contributed by atoms with Gasteiger partial charge in [-0.1, -0.05) is 236 Å². The minimum atomic E-state index is -0.504. The van der Waals surface area contributed by atoms with Crippen LogP contribution in [0.25, 0.3) is 83.1 Å². The van der Waals surface area contributed by atoms with Crippen LogP contribution in [-0.4, -0.2) is 0 Å². The highest BCUT2D eigenvalue weighted by atomic mass is 16.3. The molecule has 0 unspecified atom stereocenters. The smallest absolute Gasteiger partial charge is 0.136 e. The van der Waals surface area contributed by atoms with Crippen molar-refractivity contribution in [3.05, 3.63) is 276 Å². The minimum absolute atomic E-state index is 0.0282. The van der Waals surface area contributed by atoms with Crippen molar-refractivity contribution in [2.24, 2.45) is 0 Å². The third-order valence-electron chi connectivity index (χ3n) is 16.9. The molecule has 0 amide bonds. The van der Waals surface area contributed by atoms with Crippen molar-refractivity contribution in [1.82, 2.24) is 0 Å². The zero-order valence-corrected chi connectivity index (χ0v) is 44.8. The molecule has 77 heavy (non-hydrogen) atoms. The number of furan rings is 1. The van der Waals surface area contributed by atoms with Crippen molar-refractivity contribution in [1.29, 1.82) is 0 Å². The van der Waals surface area contributed by atoms with Gasteiger partial charge in [0.15, 0.2) is 0 Å². The molecule has 0 atom stereocenters. The number of anilines is 3. The molecule has 0 fully saturated rings. The Labute approximate surface area is 453 Å². The fourth-order valence-corrected chi connectivity index (χ4v) is 13.1. The second-order valence-electron chi connectivity index (χ2n) is 23.5. The molecule has 0 radical (unpaired) electrons. The summed E-state index contributed by atoms with van der Waals surface area (Å²) in [7, 11) is 0. The van der Waals surface area contributed by atoms with E-state index >= 15 is 0 Å². The molecule has 14 rings (SSSR count). The second-order valence-corrected chi connectivity index (χ2v) is 23.5. The van der Waals surface area contributed by atoms with Gasteiger partial charge in [0, 0.05) is 27.7 Å². The molecule has 0 saturated heterocycles. The van der Waals surface area contributed by atoms with E-state index < -0.39 is 5.41 Å². The highest BCUT2D eigenvalue weighted by molar-refractivity contribution is 6.12. The number of hydrogen-bond donors (Lipinski definition) is 0. The van der Waals surface area contributed by atoms with E-state index in [9.17, 15) is 0 Å². The Morgan fingerprint density at radius 1 is 0.390 bits per heavy atom. The van der Waals surface area contributed by atoms with Crippen LogP contribution < -0.4 is 4.90 Å².